The van der Waals surface area contributed by atoms with Gasteiger partial charge in [-0.2, -0.15) is 0 Å². The van der Waals surface area contributed by atoms with E-state index >= 15 is 0 Å². The molecule has 2 rings (SSSR count). The molecule has 0 bridgehead atoms. The van der Waals surface area contributed by atoms with Crippen LogP contribution in [0.4, 0.5) is 0 Å². The molecular weight excluding hydrogens is 300 g/mol. The number of nitrogens with one attached hydrogen (secondary N) is 1. The van der Waals surface area contributed by atoms with Crippen LogP contribution in [-0.2, 0) is 4.79 Å². The molecule has 0 spiro atoms. The molecule has 2 amide bonds. The number of furan rings is 1. The number of carbonyl (C=O) groups excluding carboxylic acids is 2. The lowest BCUT2D eigenvalue weighted by molar-refractivity contribution is -0.136. The quantitative estimate of drug-likeness (QED) is 0.903. The van der Waals surface area contributed by atoms with E-state index < -0.39 is 0 Å². The normalized spacial score (nSPS) is 17.2. The molecule has 1 aromatic rings. The van der Waals surface area contributed by atoms with Gasteiger partial charge in [0.05, 0.1) is 5.54 Å². The molecule has 0 radical (unpaired) electrons. The summed E-state index contributed by atoms with van der Waals surface area (Å²) in [7, 11) is 0. The highest BCUT2D eigenvalue weighted by Crippen LogP contribution is 2.23. The Labute approximate surface area is 114 Å². The molecule has 0 saturated carbocycles. The van der Waals surface area contributed by atoms with Gasteiger partial charge in [0.15, 0.2) is 10.4 Å². The number of aryl methyl sites for hydroxylation is 1. The molecule has 5 nitrogen and oxygen atoms in total. The number of rotatable bonds is 2. The van der Waals surface area contributed by atoms with Gasteiger partial charge in [0.1, 0.15) is 0 Å². The van der Waals surface area contributed by atoms with Crippen LogP contribution in [0.2, 0.25) is 0 Å². The van der Waals surface area contributed by atoms with Crippen molar-refractivity contribution >= 4 is 27.7 Å². The highest BCUT2D eigenvalue weighted by molar-refractivity contribution is 9.10. The molecule has 0 aromatic carbocycles. The minimum atomic E-state index is -0.365. The Hall–Kier alpha value is -1.30. The van der Waals surface area contributed by atoms with Crippen LogP contribution >= 0.6 is 15.9 Å². The minimum Gasteiger partial charge on any atom is -0.444 e. The summed E-state index contributed by atoms with van der Waals surface area (Å²) in [5.74, 6) is 0.0506. The third-order valence-corrected chi connectivity index (χ3v) is 3.81. The molecule has 1 aromatic heterocycles. The van der Waals surface area contributed by atoms with Crippen molar-refractivity contribution in [2.24, 2.45) is 0 Å². The SMILES string of the molecule is CC(=O)N1CC(C)(NC(=O)c2cc(C)c(Br)o2)C1. The maximum absolute atomic E-state index is 12.0. The number of nitrogens with zero attached hydrogens (tertiary/aromatic N) is 1. The van der Waals surface area contributed by atoms with E-state index in [1.807, 2.05) is 13.8 Å². The van der Waals surface area contributed by atoms with E-state index in [0.717, 1.165) is 5.56 Å². The lowest BCUT2D eigenvalue weighted by Gasteiger charge is -2.47. The summed E-state index contributed by atoms with van der Waals surface area (Å²) < 4.78 is 5.86. The predicted molar refractivity (Wildman–Crippen MR) is 69.3 cm³/mol. The van der Waals surface area contributed by atoms with Crippen LogP contribution in [0, 0.1) is 6.92 Å². The van der Waals surface area contributed by atoms with Gasteiger partial charge < -0.3 is 14.6 Å². The van der Waals surface area contributed by atoms with Gasteiger partial charge >= 0.3 is 0 Å². The second-order valence-corrected chi connectivity index (χ2v) is 5.68. The second kappa shape index (κ2) is 4.42. The van der Waals surface area contributed by atoms with E-state index in [9.17, 15) is 9.59 Å². The van der Waals surface area contributed by atoms with E-state index in [1.165, 1.54) is 6.92 Å². The third-order valence-electron chi connectivity index (χ3n) is 3.02. The average Bonchev–Trinajstić information content (AvgIpc) is 2.55. The average molecular weight is 315 g/mol. The van der Waals surface area contributed by atoms with Crippen molar-refractivity contribution in [1.29, 1.82) is 0 Å². The second-order valence-electron chi connectivity index (χ2n) is 4.96. The van der Waals surface area contributed by atoms with Gasteiger partial charge in [0.2, 0.25) is 5.91 Å². The first kappa shape index (κ1) is 13.1. The monoisotopic (exact) mass is 314 g/mol. The maximum atomic E-state index is 12.0. The molecule has 1 fully saturated rings. The van der Waals surface area contributed by atoms with Gasteiger partial charge in [-0.05, 0) is 35.8 Å². The Morgan fingerprint density at radius 2 is 2.11 bits per heavy atom. The van der Waals surface area contributed by atoms with Gasteiger partial charge in [-0.25, -0.2) is 0 Å². The summed E-state index contributed by atoms with van der Waals surface area (Å²) in [6.07, 6.45) is 0. The maximum Gasteiger partial charge on any atom is 0.287 e. The summed E-state index contributed by atoms with van der Waals surface area (Å²) in [4.78, 5) is 24.8. The minimum absolute atomic E-state index is 0.0262. The van der Waals surface area contributed by atoms with Crippen LogP contribution in [0.5, 0.6) is 0 Å². The van der Waals surface area contributed by atoms with E-state index in [1.54, 1.807) is 11.0 Å². The molecule has 6 heteroatoms. The van der Waals surface area contributed by atoms with Gasteiger partial charge in [-0.1, -0.05) is 0 Å². The lowest BCUT2D eigenvalue weighted by Crippen LogP contribution is -2.69. The van der Waals surface area contributed by atoms with Crippen molar-refractivity contribution in [1.82, 2.24) is 10.2 Å². The first-order valence-electron chi connectivity index (χ1n) is 5.65. The van der Waals surface area contributed by atoms with Crippen LogP contribution in [-0.4, -0.2) is 35.3 Å². The fourth-order valence-corrected chi connectivity index (χ4v) is 2.29. The number of likely N-dealkylation sites (tertiary alicyclic amines) is 1. The Balaban J connectivity index is 1.99. The van der Waals surface area contributed by atoms with Crippen LogP contribution < -0.4 is 5.32 Å². The Kier molecular flexibility index (Phi) is 3.23. The Morgan fingerprint density at radius 3 is 2.56 bits per heavy atom. The number of amides is 2. The van der Waals surface area contributed by atoms with Gasteiger partial charge in [-0.15, -0.1) is 0 Å². The van der Waals surface area contributed by atoms with E-state index in [0.29, 0.717) is 17.8 Å². The van der Waals surface area contributed by atoms with Gasteiger partial charge in [-0.3, -0.25) is 9.59 Å². The molecule has 1 N–H and O–H groups in total. The predicted octanol–water partition coefficient (Wildman–Crippen LogP) is 1.70. The van der Waals surface area contributed by atoms with E-state index in [4.69, 9.17) is 4.42 Å². The first-order chi connectivity index (χ1) is 8.31. The van der Waals surface area contributed by atoms with Crippen molar-refractivity contribution in [3.8, 4) is 0 Å². The lowest BCUT2D eigenvalue weighted by atomic mass is 9.92. The van der Waals surface area contributed by atoms with Gasteiger partial charge in [0.25, 0.3) is 5.91 Å². The Morgan fingerprint density at radius 1 is 1.50 bits per heavy atom. The van der Waals surface area contributed by atoms with Crippen molar-refractivity contribution < 1.29 is 14.0 Å². The molecule has 0 unspecified atom stereocenters. The standard InChI is InChI=1S/C12H15BrN2O3/c1-7-4-9(18-10(7)13)11(17)14-12(3)5-15(6-12)8(2)16/h4H,5-6H2,1-3H3,(H,14,17). The zero-order valence-corrected chi connectivity index (χ0v) is 12.1. The largest absolute Gasteiger partial charge is 0.444 e. The number of hydrogen-bond acceptors (Lipinski definition) is 3. The van der Waals surface area contributed by atoms with Crippen LogP contribution in [0.3, 0.4) is 0 Å². The molecule has 0 aliphatic carbocycles. The Bertz CT molecular complexity index is 484. The van der Waals surface area contributed by atoms with Crippen molar-refractivity contribution in [3.05, 3.63) is 22.1 Å². The summed E-state index contributed by atoms with van der Waals surface area (Å²) >= 11 is 3.22. The fraction of sp³-hybridized carbons (Fsp3) is 0.500. The highest BCUT2D eigenvalue weighted by atomic mass is 79.9. The molecule has 0 atom stereocenters. The van der Waals surface area contributed by atoms with Crippen molar-refractivity contribution in [2.45, 2.75) is 26.3 Å². The zero-order valence-electron chi connectivity index (χ0n) is 10.5. The summed E-state index contributed by atoms with van der Waals surface area (Å²) in [6, 6.07) is 1.68. The molecule has 98 valence electrons. The fourth-order valence-electron chi connectivity index (χ4n) is 2.01. The number of hydrogen-bond donors (Lipinski definition) is 1. The molecule has 1 aliphatic heterocycles. The first-order valence-corrected chi connectivity index (χ1v) is 6.44. The summed E-state index contributed by atoms with van der Waals surface area (Å²) in [5.41, 5.74) is 0.514. The molecule has 2 heterocycles. The molecule has 18 heavy (non-hydrogen) atoms. The molecule has 1 saturated heterocycles. The van der Waals surface area contributed by atoms with Crippen molar-refractivity contribution in [2.75, 3.05) is 13.1 Å². The van der Waals surface area contributed by atoms with Crippen molar-refractivity contribution in [3.63, 3.8) is 0 Å². The molecule has 1 aliphatic rings. The summed E-state index contributed by atoms with van der Waals surface area (Å²) in [5, 5.41) is 2.89. The number of halogens is 1. The van der Waals surface area contributed by atoms with E-state index in [-0.39, 0.29) is 23.1 Å². The smallest absolute Gasteiger partial charge is 0.287 e. The van der Waals surface area contributed by atoms with Crippen LogP contribution in [0.15, 0.2) is 15.2 Å². The van der Waals surface area contributed by atoms with Crippen LogP contribution in [0.1, 0.15) is 30.0 Å². The topological polar surface area (TPSA) is 62.6 Å². The van der Waals surface area contributed by atoms with E-state index in [2.05, 4.69) is 21.2 Å². The summed E-state index contributed by atoms with van der Waals surface area (Å²) in [6.45, 7) is 6.36. The van der Waals surface area contributed by atoms with Gasteiger partial charge in [0, 0.05) is 25.6 Å². The van der Waals surface area contributed by atoms with Crippen LogP contribution in [0.25, 0.3) is 0 Å². The third kappa shape index (κ3) is 2.43. The highest BCUT2D eigenvalue weighted by Gasteiger charge is 2.41. The zero-order chi connectivity index (χ0) is 13.5. The molecular formula is C12H15BrN2O3. The number of carbonyl (C=O) groups is 2.